The predicted molar refractivity (Wildman–Crippen MR) is 104 cm³/mol. The van der Waals surface area contributed by atoms with Gasteiger partial charge in [-0.1, -0.05) is 41.4 Å². The number of nitrogens with zero attached hydrogens (tertiary/aromatic N) is 3. The number of nitrogens with one attached hydrogen (secondary N) is 1. The summed E-state index contributed by atoms with van der Waals surface area (Å²) in [6.07, 6.45) is 2.39. The molecule has 0 radical (unpaired) electrons. The zero-order valence-electron chi connectivity index (χ0n) is 13.6. The van der Waals surface area contributed by atoms with Crippen LogP contribution in [0, 0.1) is 0 Å². The zero-order valence-corrected chi connectivity index (χ0v) is 15.1. The Balaban J connectivity index is 1.60. The topological polar surface area (TPSA) is 58.1 Å². The van der Waals surface area contributed by atoms with Crippen LogP contribution in [-0.2, 0) is 6.42 Å². The normalized spacial score (nSPS) is 12.8. The highest BCUT2D eigenvalue weighted by atomic mass is 35.5. The number of anilines is 3. The fourth-order valence-electron chi connectivity index (χ4n) is 2.94. The minimum Gasteiger partial charge on any atom is -0.323 e. The summed E-state index contributed by atoms with van der Waals surface area (Å²) in [5.41, 5.74) is 3.00. The van der Waals surface area contributed by atoms with Crippen molar-refractivity contribution in [3.8, 4) is 0 Å². The summed E-state index contributed by atoms with van der Waals surface area (Å²) in [6, 6.07) is 14.6. The Kier molecular flexibility index (Phi) is 4.49. The van der Waals surface area contributed by atoms with Crippen molar-refractivity contribution < 1.29 is 4.79 Å². The largest absolute Gasteiger partial charge is 0.323 e. The first kappa shape index (κ1) is 16.8. The Morgan fingerprint density at radius 1 is 1.12 bits per heavy atom. The van der Waals surface area contributed by atoms with E-state index in [4.69, 9.17) is 23.2 Å². The molecule has 2 aromatic carbocycles. The van der Waals surface area contributed by atoms with Crippen LogP contribution in [0.15, 0.2) is 54.7 Å². The molecule has 1 aromatic heterocycles. The van der Waals surface area contributed by atoms with Crippen LogP contribution in [0.25, 0.3) is 0 Å². The van der Waals surface area contributed by atoms with Crippen LogP contribution in [0.1, 0.15) is 16.1 Å². The molecule has 4 rings (SSSR count). The highest BCUT2D eigenvalue weighted by Crippen LogP contribution is 2.29. The van der Waals surface area contributed by atoms with Gasteiger partial charge in [0, 0.05) is 23.5 Å². The van der Waals surface area contributed by atoms with Crippen LogP contribution in [0.5, 0.6) is 0 Å². The number of hydrogen-bond donors (Lipinski definition) is 1. The summed E-state index contributed by atoms with van der Waals surface area (Å²) in [4.78, 5) is 23.1. The van der Waals surface area contributed by atoms with Gasteiger partial charge in [-0.2, -0.15) is 0 Å². The number of amides is 1. The molecule has 0 aliphatic carbocycles. The second-order valence-corrected chi connectivity index (χ2v) is 6.69. The molecular weight excluding hydrogens is 371 g/mol. The first-order valence-electron chi connectivity index (χ1n) is 8.07. The van der Waals surface area contributed by atoms with Gasteiger partial charge in [0.25, 0.3) is 5.91 Å². The van der Waals surface area contributed by atoms with Gasteiger partial charge >= 0.3 is 0 Å². The van der Waals surface area contributed by atoms with Gasteiger partial charge in [0.2, 0.25) is 5.95 Å². The Morgan fingerprint density at radius 3 is 2.85 bits per heavy atom. The molecule has 0 saturated carbocycles. The fraction of sp³-hybridized carbons (Fsp3) is 0.105. The molecule has 1 N–H and O–H groups in total. The molecule has 0 unspecified atom stereocenters. The number of carbonyl (C=O) groups excluding carboxylic acids is 1. The summed E-state index contributed by atoms with van der Waals surface area (Å²) in [5.74, 6) is 0.130. The second kappa shape index (κ2) is 6.94. The summed E-state index contributed by atoms with van der Waals surface area (Å²) < 4.78 is 0. The monoisotopic (exact) mass is 384 g/mol. The lowest BCUT2D eigenvalue weighted by atomic mass is 10.2. The van der Waals surface area contributed by atoms with Crippen LogP contribution >= 0.6 is 23.2 Å². The van der Waals surface area contributed by atoms with Crippen LogP contribution in [0.4, 0.5) is 17.3 Å². The number of fused-ring (bicyclic) bond motifs is 1. The van der Waals surface area contributed by atoms with Crippen molar-refractivity contribution in [2.75, 3.05) is 16.8 Å². The molecule has 1 aliphatic heterocycles. The van der Waals surface area contributed by atoms with Crippen LogP contribution < -0.4 is 10.2 Å². The van der Waals surface area contributed by atoms with E-state index in [-0.39, 0.29) is 11.9 Å². The number of aromatic nitrogens is 2. The number of rotatable bonds is 3. The summed E-state index contributed by atoms with van der Waals surface area (Å²) >= 11 is 12.2. The maximum absolute atomic E-state index is 12.9. The highest BCUT2D eigenvalue weighted by molar-refractivity contribution is 6.35. The smallest absolute Gasteiger partial charge is 0.277 e. The molecule has 5 nitrogen and oxygen atoms in total. The van der Waals surface area contributed by atoms with Crippen molar-refractivity contribution >= 4 is 46.4 Å². The number of para-hydroxylation sites is 1. The minimum absolute atomic E-state index is 0.155. The third-order valence-corrected chi connectivity index (χ3v) is 4.75. The molecule has 0 bridgehead atoms. The molecule has 0 saturated heterocycles. The van der Waals surface area contributed by atoms with Gasteiger partial charge in [-0.25, -0.2) is 9.97 Å². The fourth-order valence-corrected chi connectivity index (χ4v) is 3.28. The standard InChI is InChI=1S/C19H14Cl2N4O/c20-13-5-6-14(21)16(11-13)24-19-22-9-7-15(23-19)18(26)25-10-8-12-3-1-2-4-17(12)25/h1-7,9,11H,8,10H2,(H,22,23,24). The average molecular weight is 385 g/mol. The van der Waals surface area contributed by atoms with E-state index in [1.165, 1.54) is 5.56 Å². The zero-order chi connectivity index (χ0) is 18.1. The molecule has 3 aromatic rings. The van der Waals surface area contributed by atoms with Crippen molar-refractivity contribution in [1.29, 1.82) is 0 Å². The minimum atomic E-state index is -0.155. The molecule has 2 heterocycles. The Labute approximate surface area is 160 Å². The molecule has 0 atom stereocenters. The lowest BCUT2D eigenvalue weighted by Gasteiger charge is -2.17. The van der Waals surface area contributed by atoms with E-state index in [0.717, 1.165) is 12.1 Å². The van der Waals surface area contributed by atoms with Gasteiger partial charge in [-0.05, 0) is 42.3 Å². The highest BCUT2D eigenvalue weighted by Gasteiger charge is 2.26. The van der Waals surface area contributed by atoms with E-state index >= 15 is 0 Å². The molecule has 1 amide bonds. The van der Waals surface area contributed by atoms with Crippen molar-refractivity contribution in [1.82, 2.24) is 9.97 Å². The number of benzene rings is 2. The van der Waals surface area contributed by atoms with E-state index in [9.17, 15) is 4.79 Å². The van der Waals surface area contributed by atoms with Crippen molar-refractivity contribution in [2.24, 2.45) is 0 Å². The molecule has 1 aliphatic rings. The Hall–Kier alpha value is -2.63. The third-order valence-electron chi connectivity index (χ3n) is 4.18. The molecule has 26 heavy (non-hydrogen) atoms. The lowest BCUT2D eigenvalue weighted by molar-refractivity contribution is 0.0984. The van der Waals surface area contributed by atoms with E-state index in [0.29, 0.717) is 28.0 Å². The van der Waals surface area contributed by atoms with E-state index in [1.807, 2.05) is 24.3 Å². The molecule has 7 heteroatoms. The summed E-state index contributed by atoms with van der Waals surface area (Å²) in [7, 11) is 0. The first-order chi connectivity index (χ1) is 12.6. The van der Waals surface area contributed by atoms with Gasteiger partial charge in [0.05, 0.1) is 10.7 Å². The molecular formula is C19H14Cl2N4O. The van der Waals surface area contributed by atoms with Crippen molar-refractivity contribution in [3.63, 3.8) is 0 Å². The van der Waals surface area contributed by atoms with Crippen LogP contribution in [0.3, 0.4) is 0 Å². The van der Waals surface area contributed by atoms with E-state index < -0.39 is 0 Å². The maximum atomic E-state index is 12.9. The quantitative estimate of drug-likeness (QED) is 0.708. The molecule has 0 spiro atoms. The Bertz CT molecular complexity index is 993. The van der Waals surface area contributed by atoms with Crippen molar-refractivity contribution in [2.45, 2.75) is 6.42 Å². The van der Waals surface area contributed by atoms with Crippen LogP contribution in [0.2, 0.25) is 10.0 Å². The summed E-state index contributed by atoms with van der Waals surface area (Å²) in [6.45, 7) is 0.644. The number of carbonyl (C=O) groups is 1. The van der Waals surface area contributed by atoms with Crippen molar-refractivity contribution in [3.05, 3.63) is 76.0 Å². The number of hydrogen-bond acceptors (Lipinski definition) is 4. The van der Waals surface area contributed by atoms with Gasteiger partial charge in [-0.15, -0.1) is 0 Å². The molecule has 130 valence electrons. The van der Waals surface area contributed by atoms with Crippen LogP contribution in [-0.4, -0.2) is 22.4 Å². The Morgan fingerprint density at radius 2 is 1.96 bits per heavy atom. The lowest BCUT2D eigenvalue weighted by Crippen LogP contribution is -2.29. The van der Waals surface area contributed by atoms with Gasteiger partial charge in [0.1, 0.15) is 5.69 Å². The second-order valence-electron chi connectivity index (χ2n) is 5.85. The first-order valence-corrected chi connectivity index (χ1v) is 8.82. The average Bonchev–Trinajstić information content (AvgIpc) is 3.08. The van der Waals surface area contributed by atoms with Gasteiger partial charge in [0.15, 0.2) is 0 Å². The third kappa shape index (κ3) is 3.23. The predicted octanol–water partition coefficient (Wildman–Crippen LogP) is 4.73. The maximum Gasteiger partial charge on any atom is 0.277 e. The molecule has 0 fully saturated rings. The SMILES string of the molecule is O=C(c1ccnc(Nc2cc(Cl)ccc2Cl)n1)N1CCc2ccccc21. The summed E-state index contributed by atoms with van der Waals surface area (Å²) in [5, 5.41) is 4.04. The van der Waals surface area contributed by atoms with E-state index in [1.54, 1.807) is 35.4 Å². The van der Waals surface area contributed by atoms with E-state index in [2.05, 4.69) is 15.3 Å². The number of halogens is 2. The van der Waals surface area contributed by atoms with Gasteiger partial charge < -0.3 is 10.2 Å². The van der Waals surface area contributed by atoms with Gasteiger partial charge in [-0.3, -0.25) is 4.79 Å².